The predicted octanol–water partition coefficient (Wildman–Crippen LogP) is 26.3. The van der Waals surface area contributed by atoms with Gasteiger partial charge in [-0.1, -0.05) is 254 Å². The van der Waals surface area contributed by atoms with Crippen molar-refractivity contribution in [3.63, 3.8) is 0 Å². The second kappa shape index (κ2) is 23.1. The van der Waals surface area contributed by atoms with Gasteiger partial charge in [0.15, 0.2) is 0 Å². The summed E-state index contributed by atoms with van der Waals surface area (Å²) in [5.74, 6) is 1.49. The number of thiophene rings is 1. The van der Waals surface area contributed by atoms with Crippen molar-refractivity contribution in [2.45, 2.75) is 36.5 Å². The highest BCUT2D eigenvalue weighted by atomic mass is 35.5. The van der Waals surface area contributed by atoms with E-state index >= 15 is 0 Å². The third kappa shape index (κ3) is 9.38. The summed E-state index contributed by atoms with van der Waals surface area (Å²) in [5.41, 5.74) is 24.2. The molecule has 4 heterocycles. The zero-order valence-corrected chi connectivity index (χ0v) is 55.5. The van der Waals surface area contributed by atoms with Crippen molar-refractivity contribution in [1.29, 1.82) is 0 Å². The van der Waals surface area contributed by atoms with E-state index < -0.39 is 5.41 Å². The molecule has 15 aromatic carbocycles. The Hall–Kier alpha value is -11.5. The number of aryl methyl sites for hydroxylation is 1. The molecule has 0 N–H and O–H groups in total. The van der Waals surface area contributed by atoms with Crippen LogP contribution in [0, 0.1) is 0 Å². The molecule has 0 radical (unpaired) electrons. The predicted molar refractivity (Wildman–Crippen MR) is 412 cm³/mol. The van der Waals surface area contributed by atoms with E-state index in [1.54, 1.807) is 0 Å². The third-order valence-electron chi connectivity index (χ3n) is 21.5. The smallest absolute Gasteiger partial charge is 0.143 e. The van der Waals surface area contributed by atoms with E-state index in [9.17, 15) is 0 Å². The molecule has 3 unspecified atom stereocenters. The van der Waals surface area contributed by atoms with Crippen LogP contribution in [0.3, 0.4) is 0 Å². The average Bonchev–Trinajstić information content (AvgIpc) is 1.56. The standard InChI is InChI=1S/C94H61ClO3S/c95-68-43-46-82-87(56-68)97-86-50-57(34-44-69(63-40-37-61(38-41-63)59-18-3-1-4-19-59)66-53-77(65-42-39-60-20-7-8-23-64(60)51-65)93-79(54-66)70-24-10-14-31-84(70)98-93)35-45-81(86)94(82)80-29-13-9-26-73(80)91-72(28-17-30-83(91)94)75(48-58-36-47-90-78(49-58)71-25-12-16-33-89(71)99-90)67-52-76(62-21-5-2-6-22-62)92-74-27-11-15-32-85(74)96-88(92)55-67/h1-33,35-43,45-47,49-56,69,75H,34,44,48H2. The van der Waals surface area contributed by atoms with Crippen LogP contribution in [0.1, 0.15) is 73.9 Å². The summed E-state index contributed by atoms with van der Waals surface area (Å²) < 4.78 is 23.7. The Morgan fingerprint density at radius 3 is 1.85 bits per heavy atom. The SMILES string of the molecule is Clc1ccc2c(c1)Oc1cc(CCC(c3ccc(-c4ccccc4)cc3)c3cc(-c4ccc5ccccc5c4)c4oc5ccccc5c4c3)ccc1C21c2ccccc2-c2c(C(Cc3ccc4sc5ccccc5c4c3)c3cc(-c4ccccc4)c4c(c3)oc3ccccc34)cccc21. The highest BCUT2D eigenvalue weighted by Crippen LogP contribution is 2.64. The molecule has 18 aromatic rings. The molecule has 0 bridgehead atoms. The van der Waals surface area contributed by atoms with Gasteiger partial charge < -0.3 is 13.6 Å². The average molecular weight is 1310 g/mol. The van der Waals surface area contributed by atoms with Crippen LogP contribution >= 0.6 is 22.9 Å². The fourth-order valence-electron chi connectivity index (χ4n) is 17.0. The number of benzene rings is 15. The normalized spacial score (nSPS) is 14.5. The fraction of sp³-hybridized carbons (Fsp3) is 0.0638. The number of halogens is 1. The van der Waals surface area contributed by atoms with Gasteiger partial charge in [-0.2, -0.15) is 0 Å². The number of ether oxygens (including phenoxy) is 1. The highest BCUT2D eigenvalue weighted by Gasteiger charge is 2.52. The number of fused-ring (bicyclic) bond motifs is 19. The van der Waals surface area contributed by atoms with E-state index in [1.807, 2.05) is 23.5 Å². The van der Waals surface area contributed by atoms with Crippen LogP contribution in [0.5, 0.6) is 11.5 Å². The summed E-state index contributed by atoms with van der Waals surface area (Å²) >= 11 is 8.98. The van der Waals surface area contributed by atoms with Crippen LogP contribution in [0.25, 0.3) is 119 Å². The van der Waals surface area contributed by atoms with Crippen molar-refractivity contribution < 1.29 is 13.6 Å². The Bertz CT molecular complexity index is 6270. The Morgan fingerprint density at radius 1 is 0.354 bits per heavy atom. The first-order valence-corrected chi connectivity index (χ1v) is 35.5. The lowest BCUT2D eigenvalue weighted by molar-refractivity contribution is 0.435. The molecule has 468 valence electrons. The summed E-state index contributed by atoms with van der Waals surface area (Å²) in [7, 11) is 0. The summed E-state index contributed by atoms with van der Waals surface area (Å²) in [5, 5.41) is 10.1. The van der Waals surface area contributed by atoms with Gasteiger partial charge in [0.2, 0.25) is 0 Å². The van der Waals surface area contributed by atoms with Gasteiger partial charge in [0.25, 0.3) is 0 Å². The van der Waals surface area contributed by atoms with E-state index in [1.165, 1.54) is 97.7 Å². The molecule has 1 aliphatic carbocycles. The van der Waals surface area contributed by atoms with E-state index in [-0.39, 0.29) is 11.8 Å². The zero-order valence-electron chi connectivity index (χ0n) is 53.9. The number of rotatable bonds is 12. The molecule has 0 fully saturated rings. The van der Waals surface area contributed by atoms with E-state index in [0.717, 1.165) is 108 Å². The van der Waals surface area contributed by atoms with Gasteiger partial charge in [-0.15, -0.1) is 11.3 Å². The molecule has 0 saturated carbocycles. The molecule has 1 spiro atoms. The van der Waals surface area contributed by atoms with Crippen LogP contribution in [-0.4, -0.2) is 0 Å². The fourth-order valence-corrected chi connectivity index (χ4v) is 18.2. The maximum atomic E-state index is 7.32. The summed E-state index contributed by atoms with van der Waals surface area (Å²) in [4.78, 5) is 0. The van der Waals surface area contributed by atoms with Gasteiger partial charge in [0.1, 0.15) is 33.8 Å². The minimum Gasteiger partial charge on any atom is -0.457 e. The third-order valence-corrected chi connectivity index (χ3v) is 22.9. The lowest BCUT2D eigenvalue weighted by Crippen LogP contribution is -2.32. The first kappa shape index (κ1) is 57.7. The lowest BCUT2D eigenvalue weighted by Gasteiger charge is -2.39. The minimum absolute atomic E-state index is 0.0118. The minimum atomic E-state index is -0.768. The van der Waals surface area contributed by atoms with Gasteiger partial charge in [-0.3, -0.25) is 0 Å². The number of furan rings is 2. The maximum absolute atomic E-state index is 7.32. The van der Waals surface area contributed by atoms with Crippen LogP contribution in [0.4, 0.5) is 0 Å². The molecule has 0 amide bonds. The van der Waals surface area contributed by atoms with Crippen molar-refractivity contribution in [1.82, 2.24) is 0 Å². The molecule has 1 aliphatic heterocycles. The number of hydrogen-bond acceptors (Lipinski definition) is 4. The summed E-state index contributed by atoms with van der Waals surface area (Å²) in [6.07, 6.45) is 2.35. The molecule has 5 heteroatoms. The Kier molecular flexibility index (Phi) is 13.4. The first-order valence-electron chi connectivity index (χ1n) is 34.3. The van der Waals surface area contributed by atoms with Crippen molar-refractivity contribution in [2.75, 3.05) is 0 Å². The lowest BCUT2D eigenvalue weighted by atomic mass is 9.65. The van der Waals surface area contributed by atoms with Gasteiger partial charge in [-0.25, -0.2) is 0 Å². The van der Waals surface area contributed by atoms with Crippen molar-refractivity contribution in [3.05, 3.63) is 382 Å². The molecular formula is C94H61ClO3S. The van der Waals surface area contributed by atoms with Gasteiger partial charge in [0, 0.05) is 75.3 Å². The number of hydrogen-bond donors (Lipinski definition) is 0. The summed E-state index contributed by atoms with van der Waals surface area (Å²) in [6.45, 7) is 0. The van der Waals surface area contributed by atoms with E-state index in [2.05, 4.69) is 309 Å². The monoisotopic (exact) mass is 1300 g/mol. The van der Waals surface area contributed by atoms with Gasteiger partial charge >= 0.3 is 0 Å². The molecule has 3 nitrogen and oxygen atoms in total. The highest BCUT2D eigenvalue weighted by molar-refractivity contribution is 7.25. The topological polar surface area (TPSA) is 35.5 Å². The van der Waals surface area contributed by atoms with Gasteiger partial charge in [0.05, 0.1) is 5.41 Å². The number of para-hydroxylation sites is 2. The van der Waals surface area contributed by atoms with Crippen LogP contribution in [0.2, 0.25) is 5.02 Å². The second-order valence-corrected chi connectivity index (χ2v) is 28.4. The maximum Gasteiger partial charge on any atom is 0.143 e. The molecule has 3 atom stereocenters. The molecule has 3 aromatic heterocycles. The van der Waals surface area contributed by atoms with E-state index in [0.29, 0.717) is 5.02 Å². The van der Waals surface area contributed by atoms with Crippen molar-refractivity contribution in [3.8, 4) is 56.0 Å². The van der Waals surface area contributed by atoms with Crippen LogP contribution in [0.15, 0.2) is 330 Å². The Morgan fingerprint density at radius 2 is 1.00 bits per heavy atom. The Labute approximate surface area is 582 Å². The molecule has 20 rings (SSSR count). The molecule has 0 saturated heterocycles. The van der Waals surface area contributed by atoms with Crippen molar-refractivity contribution >= 4 is 97.8 Å². The zero-order chi connectivity index (χ0) is 65.3. The molecule has 99 heavy (non-hydrogen) atoms. The van der Waals surface area contributed by atoms with Crippen LogP contribution < -0.4 is 4.74 Å². The summed E-state index contributed by atoms with van der Waals surface area (Å²) in [6, 6.07) is 118. The molecule has 2 aliphatic rings. The second-order valence-electron chi connectivity index (χ2n) is 26.9. The Balaban J connectivity index is 0.748. The largest absolute Gasteiger partial charge is 0.457 e. The van der Waals surface area contributed by atoms with Crippen molar-refractivity contribution in [2.24, 2.45) is 0 Å². The van der Waals surface area contributed by atoms with Gasteiger partial charge in [-0.05, 0) is 192 Å². The first-order chi connectivity index (χ1) is 48.9. The van der Waals surface area contributed by atoms with Crippen LogP contribution in [-0.2, 0) is 18.3 Å². The molecular weight excluding hydrogens is 1240 g/mol. The quantitative estimate of drug-likeness (QED) is 0.122. The van der Waals surface area contributed by atoms with E-state index in [4.69, 9.17) is 25.2 Å².